The number of imidazole rings is 1. The van der Waals surface area contributed by atoms with Crippen LogP contribution in [0.3, 0.4) is 0 Å². The van der Waals surface area contributed by atoms with Gasteiger partial charge in [0.1, 0.15) is 6.54 Å². The average molecular weight is 484 g/mol. The molecule has 1 heterocycles. The normalized spacial score (nSPS) is 13.1. The summed E-state index contributed by atoms with van der Waals surface area (Å²) in [5, 5.41) is 10.7. The van der Waals surface area contributed by atoms with Crippen molar-refractivity contribution in [3.8, 4) is 0 Å². The number of carbonyl (C=O) groups is 3. The van der Waals surface area contributed by atoms with E-state index in [9.17, 15) is 19.6 Å². The molecule has 9 heteroatoms. The Balaban J connectivity index is 2.23. The number of hydroxylamine groups is 1. The zero-order chi connectivity index (χ0) is 25.8. The molecule has 2 rings (SSSR count). The molecule has 0 saturated carbocycles. The van der Waals surface area contributed by atoms with Crippen LogP contribution in [0.25, 0.3) is 6.08 Å². The Labute approximate surface area is 207 Å². The maximum absolute atomic E-state index is 13.5. The number of allylic oxidation sites excluding steroid dienone is 1. The van der Waals surface area contributed by atoms with Gasteiger partial charge in [0.15, 0.2) is 0 Å². The molecule has 0 aliphatic carbocycles. The van der Waals surface area contributed by atoms with Crippen LogP contribution in [0.4, 0.5) is 0 Å². The van der Waals surface area contributed by atoms with E-state index in [4.69, 9.17) is 0 Å². The Morgan fingerprint density at radius 3 is 2.34 bits per heavy atom. The molecule has 0 aliphatic rings. The molecule has 190 valence electrons. The van der Waals surface area contributed by atoms with Gasteiger partial charge in [-0.3, -0.25) is 30.0 Å². The van der Waals surface area contributed by atoms with Crippen molar-refractivity contribution < 1.29 is 19.6 Å². The number of amides is 3. The lowest BCUT2D eigenvalue weighted by Gasteiger charge is -2.30. The first-order valence-corrected chi connectivity index (χ1v) is 11.9. The maximum Gasteiger partial charge on any atom is 0.260 e. The molecular formula is C26H37N5O4. The minimum atomic E-state index is -0.813. The molecule has 2 atom stereocenters. The van der Waals surface area contributed by atoms with E-state index in [0.29, 0.717) is 13.0 Å². The van der Waals surface area contributed by atoms with Gasteiger partial charge in [0.05, 0.1) is 18.2 Å². The molecule has 0 saturated heterocycles. The van der Waals surface area contributed by atoms with Crippen LogP contribution < -0.4 is 10.9 Å². The monoisotopic (exact) mass is 483 g/mol. The van der Waals surface area contributed by atoms with E-state index in [-0.39, 0.29) is 30.7 Å². The molecule has 0 bridgehead atoms. The van der Waals surface area contributed by atoms with Crippen LogP contribution in [-0.4, -0.2) is 44.0 Å². The molecule has 0 aliphatic heterocycles. The molecule has 0 radical (unpaired) electrons. The molecule has 9 nitrogen and oxygen atoms in total. The second-order valence-corrected chi connectivity index (χ2v) is 9.48. The highest BCUT2D eigenvalue weighted by Gasteiger charge is 2.35. The van der Waals surface area contributed by atoms with Crippen molar-refractivity contribution >= 4 is 23.8 Å². The number of rotatable bonds is 12. The van der Waals surface area contributed by atoms with E-state index in [1.807, 2.05) is 70.2 Å². The van der Waals surface area contributed by atoms with E-state index >= 15 is 0 Å². The predicted octanol–water partition coefficient (Wildman–Crippen LogP) is 3.29. The summed E-state index contributed by atoms with van der Waals surface area (Å²) in [5.74, 6) is -2.71. The molecule has 1 aromatic heterocycles. The summed E-state index contributed by atoms with van der Waals surface area (Å²) in [6.07, 6.45) is 9.16. The average Bonchev–Trinajstić information content (AvgIpc) is 3.33. The molecular weight excluding hydrogens is 446 g/mol. The number of nitrogens with zero attached hydrogens (tertiary/aromatic N) is 3. The molecule has 2 aromatic rings. The van der Waals surface area contributed by atoms with Gasteiger partial charge in [0.25, 0.3) is 5.91 Å². The van der Waals surface area contributed by atoms with Gasteiger partial charge >= 0.3 is 0 Å². The van der Waals surface area contributed by atoms with Crippen molar-refractivity contribution in [3.05, 3.63) is 60.7 Å². The zero-order valence-corrected chi connectivity index (χ0v) is 20.9. The Morgan fingerprint density at radius 2 is 1.77 bits per heavy atom. The maximum atomic E-state index is 13.5. The lowest BCUT2D eigenvalue weighted by atomic mass is 9.82. The molecule has 0 spiro atoms. The number of hydrogen-bond acceptors (Lipinski definition) is 5. The van der Waals surface area contributed by atoms with Gasteiger partial charge in [0, 0.05) is 18.9 Å². The Hall–Kier alpha value is -3.46. The van der Waals surface area contributed by atoms with Gasteiger partial charge in [-0.2, -0.15) is 0 Å². The van der Waals surface area contributed by atoms with Gasteiger partial charge in [-0.15, -0.1) is 0 Å². The first kappa shape index (κ1) is 27.8. The Morgan fingerprint density at radius 1 is 1.06 bits per heavy atom. The summed E-state index contributed by atoms with van der Waals surface area (Å²) in [7, 11) is 0. The standard InChI is InChI=1S/C26H37N5O4/c1-19(2)15-23(22(26(34)29-35)12-8-11-21-9-6-5-7-10-21)25(33)28-31(16-20(3)4)24(32)17-30-14-13-27-18-30/h5-11,13-14,18-20,22-23,35H,12,15-17H2,1-4H3,(H,28,33)(H,29,34)/b11-8+/t22-,23-/m1/s1. The first-order valence-electron chi connectivity index (χ1n) is 11.9. The predicted molar refractivity (Wildman–Crippen MR) is 133 cm³/mol. The quantitative estimate of drug-likeness (QED) is 0.316. The summed E-state index contributed by atoms with van der Waals surface area (Å²) in [6.45, 7) is 8.17. The van der Waals surface area contributed by atoms with Crippen LogP contribution in [0.5, 0.6) is 0 Å². The van der Waals surface area contributed by atoms with Crippen LogP contribution >= 0.6 is 0 Å². The highest BCUT2D eigenvalue weighted by molar-refractivity contribution is 5.89. The van der Waals surface area contributed by atoms with Crippen molar-refractivity contribution in [1.29, 1.82) is 0 Å². The fourth-order valence-electron chi connectivity index (χ4n) is 3.83. The molecule has 3 amide bonds. The largest absolute Gasteiger partial charge is 0.328 e. The fraction of sp³-hybridized carbons (Fsp3) is 0.462. The number of hydrazine groups is 1. The number of carbonyl (C=O) groups excluding carboxylic acids is 3. The third-order valence-corrected chi connectivity index (χ3v) is 5.47. The van der Waals surface area contributed by atoms with Crippen molar-refractivity contribution in [2.75, 3.05) is 6.54 Å². The van der Waals surface area contributed by atoms with E-state index < -0.39 is 23.7 Å². The lowest BCUT2D eigenvalue weighted by Crippen LogP contribution is -2.53. The third-order valence-electron chi connectivity index (χ3n) is 5.47. The zero-order valence-electron chi connectivity index (χ0n) is 20.9. The van der Waals surface area contributed by atoms with E-state index in [1.54, 1.807) is 22.4 Å². The number of aromatic nitrogens is 2. The van der Waals surface area contributed by atoms with Crippen molar-refractivity contribution in [2.24, 2.45) is 23.7 Å². The van der Waals surface area contributed by atoms with Crippen molar-refractivity contribution in [2.45, 2.75) is 47.1 Å². The summed E-state index contributed by atoms with van der Waals surface area (Å²) < 4.78 is 1.63. The third kappa shape index (κ3) is 9.36. The minimum absolute atomic E-state index is 0.0300. The van der Waals surface area contributed by atoms with E-state index in [0.717, 1.165) is 5.56 Å². The Kier molecular flexibility index (Phi) is 11.2. The minimum Gasteiger partial charge on any atom is -0.328 e. The van der Waals surface area contributed by atoms with E-state index in [1.165, 1.54) is 11.3 Å². The topological polar surface area (TPSA) is 117 Å². The smallest absolute Gasteiger partial charge is 0.260 e. The number of hydrogen-bond donors (Lipinski definition) is 3. The van der Waals surface area contributed by atoms with Gasteiger partial charge < -0.3 is 4.57 Å². The number of nitrogens with one attached hydrogen (secondary N) is 2. The Bertz CT molecular complexity index is 957. The molecule has 35 heavy (non-hydrogen) atoms. The molecule has 0 unspecified atom stereocenters. The highest BCUT2D eigenvalue weighted by Crippen LogP contribution is 2.25. The summed E-state index contributed by atoms with van der Waals surface area (Å²) in [5.41, 5.74) is 5.44. The summed E-state index contributed by atoms with van der Waals surface area (Å²) in [6, 6.07) is 9.62. The van der Waals surface area contributed by atoms with Crippen LogP contribution in [0, 0.1) is 23.7 Å². The summed E-state index contributed by atoms with van der Waals surface area (Å²) >= 11 is 0. The van der Waals surface area contributed by atoms with E-state index in [2.05, 4.69) is 10.4 Å². The van der Waals surface area contributed by atoms with Crippen LogP contribution in [0.2, 0.25) is 0 Å². The molecule has 1 aromatic carbocycles. The SMILES string of the molecule is CC(C)C[C@@H](C(=O)NN(CC(C)C)C(=O)Cn1ccnc1)[C@@H](C/C=C/c1ccccc1)C(=O)NO. The number of benzene rings is 1. The van der Waals surface area contributed by atoms with Crippen LogP contribution in [0.1, 0.15) is 46.1 Å². The molecule has 0 fully saturated rings. The summed E-state index contributed by atoms with van der Waals surface area (Å²) in [4.78, 5) is 43.0. The van der Waals surface area contributed by atoms with Gasteiger partial charge in [-0.1, -0.05) is 70.2 Å². The van der Waals surface area contributed by atoms with Gasteiger partial charge in [-0.25, -0.2) is 10.5 Å². The molecule has 3 N–H and O–H groups in total. The second-order valence-electron chi connectivity index (χ2n) is 9.48. The van der Waals surface area contributed by atoms with Crippen LogP contribution in [0.15, 0.2) is 55.1 Å². The van der Waals surface area contributed by atoms with Crippen molar-refractivity contribution in [3.63, 3.8) is 0 Å². The second kappa shape index (κ2) is 14.1. The highest BCUT2D eigenvalue weighted by atomic mass is 16.5. The fourth-order valence-corrected chi connectivity index (χ4v) is 3.83. The van der Waals surface area contributed by atoms with Gasteiger partial charge in [-0.05, 0) is 30.2 Å². The lowest BCUT2D eigenvalue weighted by molar-refractivity contribution is -0.148. The van der Waals surface area contributed by atoms with Crippen molar-refractivity contribution in [1.82, 2.24) is 25.5 Å². The first-order chi connectivity index (χ1) is 16.7. The van der Waals surface area contributed by atoms with Crippen LogP contribution in [-0.2, 0) is 20.9 Å². The van der Waals surface area contributed by atoms with Gasteiger partial charge in [0.2, 0.25) is 11.8 Å².